The molecule has 13 heteroatoms. The summed E-state index contributed by atoms with van der Waals surface area (Å²) in [6, 6.07) is 6.45. The smallest absolute Gasteiger partial charge is 0.237 e. The third-order valence-electron chi connectivity index (χ3n) is 7.07. The van der Waals surface area contributed by atoms with Crippen molar-refractivity contribution >= 4 is 52.9 Å². The van der Waals surface area contributed by atoms with E-state index in [1.165, 1.54) is 4.88 Å². The van der Waals surface area contributed by atoms with E-state index in [4.69, 9.17) is 27.1 Å². The van der Waals surface area contributed by atoms with Gasteiger partial charge in [0.25, 0.3) is 0 Å². The molecule has 0 saturated carbocycles. The minimum absolute atomic E-state index is 0. The molecule has 2 atom stereocenters. The Hall–Kier alpha value is -2.83. The molecule has 0 fully saturated rings. The van der Waals surface area contributed by atoms with E-state index in [0.717, 1.165) is 33.2 Å². The molecule has 2 amide bonds. The van der Waals surface area contributed by atoms with Gasteiger partial charge in [0.15, 0.2) is 5.82 Å². The second-order valence-electron chi connectivity index (χ2n) is 11.2. The zero-order chi connectivity index (χ0) is 29.9. The summed E-state index contributed by atoms with van der Waals surface area (Å²) in [5.41, 5.74) is 9.52. The molecule has 42 heavy (non-hydrogen) atoms. The Morgan fingerprint density at radius 2 is 1.74 bits per heavy atom. The van der Waals surface area contributed by atoms with E-state index in [-0.39, 0.29) is 36.1 Å². The number of aromatic nitrogens is 3. The highest BCUT2D eigenvalue weighted by molar-refractivity contribution is 7.15. The van der Waals surface area contributed by atoms with E-state index >= 15 is 0 Å². The fourth-order valence-electron chi connectivity index (χ4n) is 4.49. The average molecular weight is 637 g/mol. The standard InChI is InChI=1S/C29H38ClN7O3S.ClH/c1-16-17(2)41-28-23(16)24(19-7-9-20(30)10-8-19)34-21(26-36-35-18(3)37(26)28)15-22(38)32-11-13-40-14-12-33-27(39)25(31)29(4,5)6;/h7-10,21,25H,11-15,31H2,1-6H3,(H,32,38)(H,33,39);1H/t21-,25+;/m0./s1. The fraction of sp³-hybridized carbons (Fsp3) is 0.483. The maximum Gasteiger partial charge on any atom is 0.237 e. The highest BCUT2D eigenvalue weighted by atomic mass is 35.5. The second-order valence-corrected chi connectivity index (χ2v) is 12.8. The number of thiophene rings is 1. The lowest BCUT2D eigenvalue weighted by Crippen LogP contribution is -2.49. The number of nitrogens with two attached hydrogens (primary N) is 1. The van der Waals surface area contributed by atoms with E-state index in [1.54, 1.807) is 11.3 Å². The molecule has 0 spiro atoms. The van der Waals surface area contributed by atoms with Crippen molar-refractivity contribution in [2.45, 2.75) is 60.0 Å². The van der Waals surface area contributed by atoms with Crippen molar-refractivity contribution in [2.24, 2.45) is 16.1 Å². The molecule has 1 aliphatic rings. The van der Waals surface area contributed by atoms with Crippen LogP contribution in [0, 0.1) is 26.2 Å². The zero-order valence-electron chi connectivity index (χ0n) is 24.8. The summed E-state index contributed by atoms with van der Waals surface area (Å²) < 4.78 is 7.60. The molecule has 0 aliphatic carbocycles. The molecule has 1 aliphatic heterocycles. The predicted octanol–water partition coefficient (Wildman–Crippen LogP) is 4.23. The van der Waals surface area contributed by atoms with Crippen molar-refractivity contribution < 1.29 is 14.3 Å². The minimum atomic E-state index is -0.595. The molecule has 228 valence electrons. The number of ether oxygens (including phenoxy) is 1. The first-order valence-corrected chi connectivity index (χ1v) is 14.8. The van der Waals surface area contributed by atoms with Crippen LogP contribution in [-0.4, -0.2) is 64.6 Å². The number of hydrogen-bond donors (Lipinski definition) is 3. The Balaban J connectivity index is 0.00000484. The summed E-state index contributed by atoms with van der Waals surface area (Å²) in [5, 5.41) is 16.1. The summed E-state index contributed by atoms with van der Waals surface area (Å²) in [7, 11) is 0. The van der Waals surface area contributed by atoms with Crippen molar-refractivity contribution in [3.8, 4) is 5.00 Å². The summed E-state index contributed by atoms with van der Waals surface area (Å²) in [6.45, 7) is 13.1. The van der Waals surface area contributed by atoms with Crippen LogP contribution < -0.4 is 16.4 Å². The summed E-state index contributed by atoms with van der Waals surface area (Å²) >= 11 is 7.84. The lowest BCUT2D eigenvalue weighted by Gasteiger charge is -2.25. The minimum Gasteiger partial charge on any atom is -0.378 e. The Bertz CT molecular complexity index is 1440. The number of halogens is 2. The van der Waals surface area contributed by atoms with Crippen molar-refractivity contribution in [3.63, 3.8) is 0 Å². The first kappa shape index (κ1) is 33.7. The summed E-state index contributed by atoms with van der Waals surface area (Å²) in [4.78, 5) is 31.4. The van der Waals surface area contributed by atoms with Gasteiger partial charge in [0.1, 0.15) is 16.9 Å². The van der Waals surface area contributed by atoms with Crippen LogP contribution in [0.4, 0.5) is 0 Å². The van der Waals surface area contributed by atoms with E-state index in [9.17, 15) is 9.59 Å². The van der Waals surface area contributed by atoms with Crippen molar-refractivity contribution in [2.75, 3.05) is 26.3 Å². The average Bonchev–Trinajstić information content (AvgIpc) is 3.39. The van der Waals surface area contributed by atoms with Crippen LogP contribution in [0.1, 0.15) is 66.5 Å². The van der Waals surface area contributed by atoms with Crippen LogP contribution in [0.15, 0.2) is 29.3 Å². The van der Waals surface area contributed by atoms with Gasteiger partial charge in [-0.3, -0.25) is 19.1 Å². The van der Waals surface area contributed by atoms with Crippen molar-refractivity contribution in [3.05, 3.63) is 62.5 Å². The number of aliphatic imine (C=N–C) groups is 1. The van der Waals surface area contributed by atoms with Gasteiger partial charge < -0.3 is 21.1 Å². The molecule has 3 aromatic rings. The number of hydrogen-bond acceptors (Lipinski definition) is 8. The van der Waals surface area contributed by atoms with Crippen LogP contribution in [0.3, 0.4) is 0 Å². The first-order chi connectivity index (χ1) is 19.4. The number of carbonyl (C=O) groups excluding carboxylic acids is 2. The highest BCUT2D eigenvalue weighted by Crippen LogP contribution is 2.39. The van der Waals surface area contributed by atoms with Gasteiger partial charge in [0.05, 0.1) is 31.4 Å². The van der Waals surface area contributed by atoms with Gasteiger partial charge in [-0.25, -0.2) is 0 Å². The molecule has 0 saturated heterocycles. The van der Waals surface area contributed by atoms with Gasteiger partial charge in [-0.05, 0) is 43.9 Å². The Labute approximate surface area is 261 Å². The van der Waals surface area contributed by atoms with Crippen LogP contribution in [0.5, 0.6) is 0 Å². The maximum atomic E-state index is 13.0. The zero-order valence-corrected chi connectivity index (χ0v) is 27.2. The Morgan fingerprint density at radius 3 is 2.38 bits per heavy atom. The van der Waals surface area contributed by atoms with Crippen LogP contribution in [-0.2, 0) is 14.3 Å². The molecule has 1 aromatic carbocycles. The lowest BCUT2D eigenvalue weighted by molar-refractivity contribution is -0.124. The molecule has 3 heterocycles. The first-order valence-electron chi connectivity index (χ1n) is 13.6. The third-order valence-corrected chi connectivity index (χ3v) is 8.51. The topological polar surface area (TPSA) is 137 Å². The van der Waals surface area contributed by atoms with Crippen LogP contribution in [0.25, 0.3) is 5.00 Å². The van der Waals surface area contributed by atoms with Gasteiger partial charge in [-0.15, -0.1) is 33.9 Å². The maximum absolute atomic E-state index is 13.0. The molecule has 4 rings (SSSR count). The molecule has 2 aromatic heterocycles. The van der Waals surface area contributed by atoms with Gasteiger partial charge in [0, 0.05) is 34.1 Å². The van der Waals surface area contributed by atoms with E-state index in [1.807, 2.05) is 56.5 Å². The van der Waals surface area contributed by atoms with Gasteiger partial charge in [-0.2, -0.15) is 0 Å². The highest BCUT2D eigenvalue weighted by Gasteiger charge is 2.32. The van der Waals surface area contributed by atoms with Crippen LogP contribution in [0.2, 0.25) is 5.02 Å². The van der Waals surface area contributed by atoms with E-state index in [2.05, 4.69) is 34.7 Å². The molecule has 10 nitrogen and oxygen atoms in total. The largest absolute Gasteiger partial charge is 0.378 e. The molecule has 0 radical (unpaired) electrons. The normalized spacial score (nSPS) is 15.0. The number of carbonyl (C=O) groups is 2. The third kappa shape index (κ3) is 7.57. The van der Waals surface area contributed by atoms with Gasteiger partial charge in [0.2, 0.25) is 11.8 Å². The monoisotopic (exact) mass is 635 g/mol. The number of rotatable bonds is 10. The van der Waals surface area contributed by atoms with Gasteiger partial charge in [-0.1, -0.05) is 44.5 Å². The van der Waals surface area contributed by atoms with Gasteiger partial charge >= 0.3 is 0 Å². The summed E-state index contributed by atoms with van der Waals surface area (Å²) in [5.74, 6) is 0.987. The molecular formula is C29H39Cl2N7O3S. The number of fused-ring (bicyclic) bond motifs is 3. The second kappa shape index (κ2) is 14.1. The molecule has 0 unspecified atom stereocenters. The molecule has 4 N–H and O–H groups in total. The van der Waals surface area contributed by atoms with E-state index in [0.29, 0.717) is 37.2 Å². The molecule has 0 bridgehead atoms. The van der Waals surface area contributed by atoms with E-state index < -0.39 is 12.1 Å². The SMILES string of the molecule is Cc1sc2c(c1C)C(c1ccc(Cl)cc1)=N[C@@H](CC(=O)NCCOCCNC(=O)[C@@H](N)C(C)(C)C)c1nnc(C)n1-2.Cl. The number of amides is 2. The Morgan fingerprint density at radius 1 is 1.10 bits per heavy atom. The number of nitrogens with one attached hydrogen (secondary N) is 2. The lowest BCUT2D eigenvalue weighted by atomic mass is 9.87. The quantitative estimate of drug-likeness (QED) is 0.285. The fourth-order valence-corrected chi connectivity index (χ4v) is 5.83. The summed E-state index contributed by atoms with van der Waals surface area (Å²) in [6.07, 6.45) is 0.100. The number of aryl methyl sites for hydroxylation is 2. The predicted molar refractivity (Wildman–Crippen MR) is 169 cm³/mol. The van der Waals surface area contributed by atoms with Crippen molar-refractivity contribution in [1.82, 2.24) is 25.4 Å². The Kier molecular flexibility index (Phi) is 11.3. The van der Waals surface area contributed by atoms with Crippen LogP contribution >= 0.6 is 35.3 Å². The number of benzene rings is 1. The number of nitrogens with zero attached hydrogens (tertiary/aromatic N) is 4. The van der Waals surface area contributed by atoms with Crippen molar-refractivity contribution in [1.29, 1.82) is 0 Å². The molecular weight excluding hydrogens is 597 g/mol.